The van der Waals surface area contributed by atoms with Gasteiger partial charge in [0, 0.05) is 11.3 Å². The molecule has 5 rings (SSSR count). The van der Waals surface area contributed by atoms with Crippen LogP contribution in [0.4, 0.5) is 5.69 Å². The molecule has 4 aromatic rings. The summed E-state index contributed by atoms with van der Waals surface area (Å²) in [6, 6.07) is 25.3. The molecule has 1 aliphatic rings. The molecule has 0 aliphatic carbocycles. The second-order valence-electron chi connectivity index (χ2n) is 8.01. The lowest BCUT2D eigenvalue weighted by Crippen LogP contribution is -2.41. The van der Waals surface area contributed by atoms with Crippen LogP contribution in [0.25, 0.3) is 11.4 Å². The van der Waals surface area contributed by atoms with Crippen molar-refractivity contribution in [1.82, 2.24) is 14.9 Å². The number of aromatic nitrogens is 3. The topological polar surface area (TPSA) is 81.1 Å². The number of amides is 1. The first-order valence-electron chi connectivity index (χ1n) is 11.2. The number of nitrogens with zero attached hydrogens (tertiary/aromatic N) is 3. The van der Waals surface area contributed by atoms with Crippen LogP contribution in [0.15, 0.2) is 84.0 Å². The van der Waals surface area contributed by atoms with Gasteiger partial charge in [-0.25, -0.2) is 4.68 Å². The zero-order valence-corrected chi connectivity index (χ0v) is 19.8. The highest BCUT2D eigenvalue weighted by molar-refractivity contribution is 8.00. The van der Waals surface area contributed by atoms with Gasteiger partial charge in [-0.2, -0.15) is 0 Å². The maximum absolute atomic E-state index is 13.5. The molecular formula is C26H25N5O2S. The van der Waals surface area contributed by atoms with Crippen LogP contribution in [0.3, 0.4) is 0 Å². The molecule has 7 nitrogen and oxygen atoms in total. The molecule has 8 heteroatoms. The van der Waals surface area contributed by atoms with E-state index in [0.29, 0.717) is 23.3 Å². The van der Waals surface area contributed by atoms with Gasteiger partial charge in [0.25, 0.3) is 0 Å². The summed E-state index contributed by atoms with van der Waals surface area (Å²) >= 11 is 1.41. The summed E-state index contributed by atoms with van der Waals surface area (Å²) in [5.41, 5.74) is 7.36. The summed E-state index contributed by atoms with van der Waals surface area (Å²) in [6.45, 7) is 4.59. The number of carbonyl (C=O) groups is 1. The summed E-state index contributed by atoms with van der Waals surface area (Å²) < 4.78 is 7.38. The Kier molecular flexibility index (Phi) is 6.22. The molecule has 0 saturated carbocycles. The highest BCUT2D eigenvalue weighted by Crippen LogP contribution is 2.39. The zero-order valence-electron chi connectivity index (χ0n) is 18.9. The minimum absolute atomic E-state index is 0.109. The van der Waals surface area contributed by atoms with Crippen molar-refractivity contribution in [2.45, 2.75) is 30.3 Å². The molecule has 1 amide bonds. The molecule has 2 heterocycles. The van der Waals surface area contributed by atoms with E-state index in [1.54, 1.807) is 0 Å². The van der Waals surface area contributed by atoms with Crippen molar-refractivity contribution >= 4 is 23.4 Å². The number of anilines is 1. The van der Waals surface area contributed by atoms with Gasteiger partial charge < -0.3 is 15.5 Å². The van der Waals surface area contributed by atoms with Gasteiger partial charge in [-0.3, -0.25) is 4.79 Å². The Morgan fingerprint density at radius 1 is 1.03 bits per heavy atom. The van der Waals surface area contributed by atoms with E-state index in [-0.39, 0.29) is 11.9 Å². The molecular weight excluding hydrogens is 446 g/mol. The van der Waals surface area contributed by atoms with Crippen LogP contribution in [0.2, 0.25) is 0 Å². The number of carbonyl (C=O) groups excluding carboxylic acids is 1. The SMILES string of the molecule is CCOc1ccc(NC(=O)C2Sc3nnc(-c4ccccc4)n3NC2c2ccc(C)cc2)cc1. The Morgan fingerprint density at radius 3 is 2.47 bits per heavy atom. The Labute approximate surface area is 202 Å². The third-order valence-corrected chi connectivity index (χ3v) is 6.81. The van der Waals surface area contributed by atoms with Crippen LogP contribution < -0.4 is 15.5 Å². The number of fused-ring (bicyclic) bond motifs is 1. The average Bonchev–Trinajstić information content (AvgIpc) is 3.29. The smallest absolute Gasteiger partial charge is 0.240 e. The zero-order chi connectivity index (χ0) is 23.5. The van der Waals surface area contributed by atoms with Gasteiger partial charge >= 0.3 is 0 Å². The van der Waals surface area contributed by atoms with Crippen molar-refractivity contribution in [3.63, 3.8) is 0 Å². The van der Waals surface area contributed by atoms with Gasteiger partial charge in [0.05, 0.1) is 12.6 Å². The summed E-state index contributed by atoms with van der Waals surface area (Å²) in [6.07, 6.45) is 0. The van der Waals surface area contributed by atoms with Crippen molar-refractivity contribution < 1.29 is 9.53 Å². The normalized spacial score (nSPS) is 16.9. The van der Waals surface area contributed by atoms with Gasteiger partial charge in [-0.05, 0) is 43.7 Å². The van der Waals surface area contributed by atoms with E-state index < -0.39 is 5.25 Å². The van der Waals surface area contributed by atoms with E-state index >= 15 is 0 Å². The van der Waals surface area contributed by atoms with Crippen LogP contribution in [0.5, 0.6) is 5.75 Å². The lowest BCUT2D eigenvalue weighted by molar-refractivity contribution is -0.116. The van der Waals surface area contributed by atoms with E-state index in [2.05, 4.69) is 45.2 Å². The average molecular weight is 472 g/mol. The van der Waals surface area contributed by atoms with Crippen molar-refractivity contribution in [1.29, 1.82) is 0 Å². The predicted octanol–water partition coefficient (Wildman–Crippen LogP) is 5.05. The van der Waals surface area contributed by atoms with Gasteiger partial charge in [-0.15, -0.1) is 10.2 Å². The fourth-order valence-corrected chi connectivity index (χ4v) is 4.95. The minimum Gasteiger partial charge on any atom is -0.494 e. The Hall–Kier alpha value is -3.78. The Bertz CT molecular complexity index is 1270. The molecule has 0 saturated heterocycles. The molecule has 1 aromatic heterocycles. The largest absolute Gasteiger partial charge is 0.494 e. The first-order chi connectivity index (χ1) is 16.6. The predicted molar refractivity (Wildman–Crippen MR) is 135 cm³/mol. The van der Waals surface area contributed by atoms with Crippen LogP contribution in [0, 0.1) is 6.92 Å². The molecule has 172 valence electrons. The first-order valence-corrected chi connectivity index (χ1v) is 12.0. The van der Waals surface area contributed by atoms with Crippen LogP contribution in [-0.2, 0) is 4.79 Å². The van der Waals surface area contributed by atoms with Crippen LogP contribution in [-0.4, -0.2) is 32.6 Å². The number of nitrogens with one attached hydrogen (secondary N) is 2. The van der Waals surface area contributed by atoms with Gasteiger partial charge in [0.2, 0.25) is 11.1 Å². The van der Waals surface area contributed by atoms with Gasteiger partial charge in [0.15, 0.2) is 5.82 Å². The third-order valence-electron chi connectivity index (χ3n) is 5.60. The number of thioether (sulfide) groups is 1. The number of benzene rings is 3. The lowest BCUT2D eigenvalue weighted by Gasteiger charge is -2.33. The Morgan fingerprint density at radius 2 is 1.76 bits per heavy atom. The van der Waals surface area contributed by atoms with E-state index in [0.717, 1.165) is 22.4 Å². The summed E-state index contributed by atoms with van der Waals surface area (Å²) in [5.74, 6) is 1.38. The molecule has 2 unspecified atom stereocenters. The fourth-order valence-electron chi connectivity index (χ4n) is 3.87. The molecule has 3 aromatic carbocycles. The number of hydrogen-bond acceptors (Lipinski definition) is 6. The summed E-state index contributed by atoms with van der Waals surface area (Å²) in [7, 11) is 0. The third kappa shape index (κ3) is 4.49. The second kappa shape index (κ2) is 9.61. The van der Waals surface area contributed by atoms with Crippen LogP contribution >= 0.6 is 11.8 Å². The Balaban J connectivity index is 1.46. The maximum Gasteiger partial charge on any atom is 0.240 e. The van der Waals surface area contributed by atoms with Crippen LogP contribution in [0.1, 0.15) is 24.1 Å². The highest BCUT2D eigenvalue weighted by atomic mass is 32.2. The van der Waals surface area contributed by atoms with E-state index in [9.17, 15) is 4.79 Å². The number of ether oxygens (including phenoxy) is 1. The van der Waals surface area contributed by atoms with Crippen molar-refractivity contribution in [2.75, 3.05) is 17.3 Å². The minimum atomic E-state index is -0.449. The quantitative estimate of drug-likeness (QED) is 0.410. The lowest BCUT2D eigenvalue weighted by atomic mass is 10.0. The number of rotatable bonds is 6. The molecule has 2 N–H and O–H groups in total. The molecule has 0 radical (unpaired) electrons. The molecule has 34 heavy (non-hydrogen) atoms. The molecule has 0 spiro atoms. The van der Waals surface area contributed by atoms with Gasteiger partial charge in [-0.1, -0.05) is 71.9 Å². The summed E-state index contributed by atoms with van der Waals surface area (Å²) in [5, 5.41) is 12.0. The van der Waals surface area contributed by atoms with Gasteiger partial charge in [0.1, 0.15) is 11.0 Å². The molecule has 1 aliphatic heterocycles. The monoisotopic (exact) mass is 471 g/mol. The maximum atomic E-state index is 13.5. The second-order valence-corrected chi connectivity index (χ2v) is 9.12. The number of hydrogen-bond donors (Lipinski definition) is 2. The van der Waals surface area contributed by atoms with Crippen molar-refractivity contribution in [3.05, 3.63) is 90.0 Å². The highest BCUT2D eigenvalue weighted by Gasteiger charge is 2.38. The van der Waals surface area contributed by atoms with Crippen molar-refractivity contribution in [3.8, 4) is 17.1 Å². The first kappa shape index (κ1) is 22.0. The summed E-state index contributed by atoms with van der Waals surface area (Å²) in [4.78, 5) is 13.5. The molecule has 0 fully saturated rings. The van der Waals surface area contributed by atoms with E-state index in [1.807, 2.05) is 73.1 Å². The number of aryl methyl sites for hydroxylation is 1. The van der Waals surface area contributed by atoms with Crippen molar-refractivity contribution in [2.24, 2.45) is 0 Å². The van der Waals surface area contributed by atoms with E-state index in [1.165, 1.54) is 11.8 Å². The molecule has 2 atom stereocenters. The van der Waals surface area contributed by atoms with E-state index in [4.69, 9.17) is 4.74 Å². The standard InChI is InChI=1S/C26H25N5O2S/c1-3-33-21-15-13-20(14-16-21)27-25(32)23-22(18-11-9-17(2)10-12-18)30-31-24(28-29-26(31)34-23)19-7-5-4-6-8-19/h4-16,22-23,30H,3H2,1-2H3,(H,27,32). The molecule has 0 bridgehead atoms. The fraction of sp³-hybridized carbons (Fsp3) is 0.192.